The molecule has 1 heterocycles. The Morgan fingerprint density at radius 1 is 1.55 bits per heavy atom. The summed E-state index contributed by atoms with van der Waals surface area (Å²) < 4.78 is 19.7. The predicted octanol–water partition coefficient (Wildman–Crippen LogP) is 2.05. The number of nitrogens with two attached hydrogens (primary N) is 1. The van der Waals surface area contributed by atoms with Gasteiger partial charge in [-0.15, -0.1) is 0 Å². The molecule has 0 spiro atoms. The van der Waals surface area contributed by atoms with E-state index in [0.29, 0.717) is 29.5 Å². The highest BCUT2D eigenvalue weighted by atomic mass is 19.1. The first-order chi connectivity index (χ1) is 10.4. The van der Waals surface area contributed by atoms with Crippen LogP contribution in [-0.4, -0.2) is 32.0 Å². The lowest BCUT2D eigenvalue weighted by molar-refractivity contribution is -0.107. The molecule has 0 saturated carbocycles. The van der Waals surface area contributed by atoms with Crippen LogP contribution < -0.4 is 10.6 Å². The molecule has 0 radical (unpaired) electrons. The van der Waals surface area contributed by atoms with Gasteiger partial charge in [0.05, 0.1) is 6.61 Å². The van der Waals surface area contributed by atoms with E-state index < -0.39 is 5.54 Å². The van der Waals surface area contributed by atoms with E-state index >= 15 is 0 Å². The van der Waals surface area contributed by atoms with Crippen LogP contribution in [0.4, 0.5) is 10.1 Å². The number of hydrogen-bond acceptors (Lipinski definition) is 4. The molecule has 0 bridgehead atoms. The average Bonchev–Trinajstić information content (AvgIpc) is 2.45. The minimum Gasteiger partial charge on any atom is -0.386 e. The molecule has 0 fully saturated rings. The van der Waals surface area contributed by atoms with Gasteiger partial charge < -0.3 is 15.4 Å². The molecular formula is C16H22FN3O2. The summed E-state index contributed by atoms with van der Waals surface area (Å²) in [6.45, 7) is 6.87. The Hall–Kier alpha value is -1.95. The van der Waals surface area contributed by atoms with Crippen LogP contribution in [0.25, 0.3) is 0 Å². The molecule has 0 unspecified atom stereocenters. The average molecular weight is 307 g/mol. The summed E-state index contributed by atoms with van der Waals surface area (Å²) >= 11 is 0. The van der Waals surface area contributed by atoms with Gasteiger partial charge in [0.15, 0.2) is 0 Å². The normalized spacial score (nSPS) is 21.6. The fourth-order valence-electron chi connectivity index (χ4n) is 2.58. The van der Waals surface area contributed by atoms with E-state index in [4.69, 9.17) is 10.5 Å². The lowest BCUT2D eigenvalue weighted by Gasteiger charge is -2.31. The summed E-state index contributed by atoms with van der Waals surface area (Å²) in [6.07, 6.45) is 0.758. The van der Waals surface area contributed by atoms with Gasteiger partial charge in [0.25, 0.3) is 0 Å². The Kier molecular flexibility index (Phi) is 4.81. The number of benzene rings is 1. The van der Waals surface area contributed by atoms with Crippen LogP contribution in [-0.2, 0) is 15.1 Å². The summed E-state index contributed by atoms with van der Waals surface area (Å²) in [5, 5.41) is 0. The minimum absolute atomic E-state index is 0.249. The number of rotatable bonds is 5. The second-order valence-electron chi connectivity index (χ2n) is 6.19. The molecule has 0 aromatic heterocycles. The highest BCUT2D eigenvalue weighted by Crippen LogP contribution is 2.33. The van der Waals surface area contributed by atoms with Crippen LogP contribution in [0, 0.1) is 11.7 Å². The van der Waals surface area contributed by atoms with Crippen LogP contribution in [0.1, 0.15) is 26.3 Å². The zero-order valence-corrected chi connectivity index (χ0v) is 13.2. The Labute approximate surface area is 130 Å². The maximum absolute atomic E-state index is 14.3. The van der Waals surface area contributed by atoms with Crippen LogP contribution in [0.2, 0.25) is 0 Å². The summed E-state index contributed by atoms with van der Waals surface area (Å²) in [7, 11) is 0. The van der Waals surface area contributed by atoms with Crippen molar-refractivity contribution >= 4 is 17.9 Å². The van der Waals surface area contributed by atoms with E-state index in [9.17, 15) is 9.18 Å². The number of carbonyl (C=O) groups is 1. The van der Waals surface area contributed by atoms with Crippen molar-refractivity contribution < 1.29 is 13.9 Å². The predicted molar refractivity (Wildman–Crippen MR) is 84.4 cm³/mol. The number of ether oxygens (including phenoxy) is 1. The summed E-state index contributed by atoms with van der Waals surface area (Å²) in [6, 6.07) is 4.60. The fourth-order valence-corrected chi connectivity index (χ4v) is 2.58. The number of aliphatic imine (C=N–C) groups is 1. The third kappa shape index (κ3) is 3.44. The standard InChI is InChI=1S/C16H22FN3O2/c1-11(2)7-20(10-21)12-4-5-14(17)13(6-12)16(3)9-22-8-15(18)19-16/h4-6,10-11H,7-9H2,1-3H3,(H2,18,19)/t16-/m0/s1. The van der Waals surface area contributed by atoms with Gasteiger partial charge in [-0.3, -0.25) is 9.79 Å². The van der Waals surface area contributed by atoms with Crippen LogP contribution in [0.5, 0.6) is 0 Å². The largest absolute Gasteiger partial charge is 0.386 e. The first-order valence-corrected chi connectivity index (χ1v) is 7.29. The zero-order valence-electron chi connectivity index (χ0n) is 13.2. The molecule has 6 heteroatoms. The third-order valence-electron chi connectivity index (χ3n) is 3.57. The van der Waals surface area contributed by atoms with Crippen molar-refractivity contribution in [3.63, 3.8) is 0 Å². The maximum atomic E-state index is 14.3. The van der Waals surface area contributed by atoms with E-state index in [1.165, 1.54) is 6.07 Å². The number of hydrogen-bond donors (Lipinski definition) is 1. The number of amides is 1. The van der Waals surface area contributed by atoms with Gasteiger partial charge in [-0.25, -0.2) is 4.39 Å². The highest BCUT2D eigenvalue weighted by Gasteiger charge is 2.33. The molecule has 1 atom stereocenters. The third-order valence-corrected chi connectivity index (χ3v) is 3.57. The van der Waals surface area contributed by atoms with E-state index in [1.54, 1.807) is 24.0 Å². The maximum Gasteiger partial charge on any atom is 0.214 e. The number of nitrogens with zero attached hydrogens (tertiary/aromatic N) is 2. The molecular weight excluding hydrogens is 285 g/mol. The van der Waals surface area contributed by atoms with Crippen molar-refractivity contribution in [1.29, 1.82) is 0 Å². The van der Waals surface area contributed by atoms with E-state index in [-0.39, 0.29) is 19.0 Å². The first kappa shape index (κ1) is 16.4. The van der Waals surface area contributed by atoms with Gasteiger partial charge in [-0.05, 0) is 31.0 Å². The molecule has 22 heavy (non-hydrogen) atoms. The number of amidine groups is 1. The van der Waals surface area contributed by atoms with Crippen molar-refractivity contribution in [2.24, 2.45) is 16.6 Å². The monoisotopic (exact) mass is 307 g/mol. The molecule has 0 aliphatic carbocycles. The molecule has 1 aromatic carbocycles. The minimum atomic E-state index is -0.880. The second kappa shape index (κ2) is 6.44. The number of anilines is 1. The molecule has 1 aromatic rings. The molecule has 5 nitrogen and oxygen atoms in total. The van der Waals surface area contributed by atoms with Gasteiger partial charge in [0, 0.05) is 17.8 Å². The summed E-state index contributed by atoms with van der Waals surface area (Å²) in [4.78, 5) is 17.2. The second-order valence-corrected chi connectivity index (χ2v) is 6.19. The summed E-state index contributed by atoms with van der Waals surface area (Å²) in [5.41, 5.74) is 5.86. The van der Waals surface area contributed by atoms with Crippen molar-refractivity contribution in [1.82, 2.24) is 0 Å². The smallest absolute Gasteiger partial charge is 0.214 e. The van der Waals surface area contributed by atoms with Crippen molar-refractivity contribution in [2.45, 2.75) is 26.3 Å². The first-order valence-electron chi connectivity index (χ1n) is 7.29. The molecule has 1 aliphatic rings. The lowest BCUT2D eigenvalue weighted by atomic mass is 9.91. The Balaban J connectivity index is 2.42. The van der Waals surface area contributed by atoms with Crippen molar-refractivity contribution in [3.05, 3.63) is 29.6 Å². The Morgan fingerprint density at radius 2 is 2.27 bits per heavy atom. The number of carbonyl (C=O) groups excluding carboxylic acids is 1. The van der Waals surface area contributed by atoms with Gasteiger partial charge >= 0.3 is 0 Å². The lowest BCUT2D eigenvalue weighted by Crippen LogP contribution is -2.38. The van der Waals surface area contributed by atoms with Gasteiger partial charge in [0.1, 0.15) is 23.8 Å². The molecule has 1 amide bonds. The quantitative estimate of drug-likeness (QED) is 0.847. The molecule has 2 rings (SSSR count). The van der Waals surface area contributed by atoms with Crippen LogP contribution >= 0.6 is 0 Å². The van der Waals surface area contributed by atoms with E-state index in [1.807, 2.05) is 13.8 Å². The Morgan fingerprint density at radius 3 is 2.86 bits per heavy atom. The van der Waals surface area contributed by atoms with E-state index in [0.717, 1.165) is 6.41 Å². The van der Waals surface area contributed by atoms with Crippen LogP contribution in [0.15, 0.2) is 23.2 Å². The SMILES string of the molecule is CC(C)CN(C=O)c1ccc(F)c([C@]2(C)COCC(N)=N2)c1. The fraction of sp³-hybridized carbons (Fsp3) is 0.500. The van der Waals surface area contributed by atoms with Gasteiger partial charge in [-0.2, -0.15) is 0 Å². The Bertz CT molecular complexity index is 589. The molecule has 0 saturated heterocycles. The van der Waals surface area contributed by atoms with Crippen molar-refractivity contribution in [2.75, 3.05) is 24.7 Å². The topological polar surface area (TPSA) is 67.9 Å². The molecule has 120 valence electrons. The van der Waals surface area contributed by atoms with Crippen molar-refractivity contribution in [3.8, 4) is 0 Å². The van der Waals surface area contributed by atoms with E-state index in [2.05, 4.69) is 4.99 Å². The zero-order chi connectivity index (χ0) is 16.3. The highest BCUT2D eigenvalue weighted by molar-refractivity contribution is 5.82. The van der Waals surface area contributed by atoms with Crippen LogP contribution in [0.3, 0.4) is 0 Å². The molecule has 2 N–H and O–H groups in total. The number of halogens is 1. The van der Waals surface area contributed by atoms with Gasteiger partial charge in [0.2, 0.25) is 6.41 Å². The van der Waals surface area contributed by atoms with Gasteiger partial charge in [-0.1, -0.05) is 13.8 Å². The summed E-state index contributed by atoms with van der Waals surface area (Å²) in [5.74, 6) is 0.262. The molecule has 1 aliphatic heterocycles.